The number of nitrogen functional groups attached to an aromatic ring is 1. The van der Waals surface area contributed by atoms with Crippen LogP contribution in [0.15, 0.2) is 242 Å². The Balaban J connectivity index is 0.000000180. The minimum absolute atomic E-state index is 0.0439. The Morgan fingerprint density at radius 2 is 0.778 bits per heavy atom. The number of nitrogens with one attached hydrogen (secondary N) is 5. The zero-order chi connectivity index (χ0) is 77.6. The van der Waals surface area contributed by atoms with Gasteiger partial charge in [0, 0.05) is 85.2 Å². The van der Waals surface area contributed by atoms with Crippen LogP contribution in [-0.4, -0.2) is 70.0 Å². The molecule has 12 aromatic rings. The smallest absolute Gasteiger partial charge is 0.416 e. The molecule has 8 N–H and O–H groups in total. The number of alkyl halides is 10. The highest BCUT2D eigenvalue weighted by Gasteiger charge is 2.33. The second-order valence-electron chi connectivity index (χ2n) is 23.0. The number of carboxylic acid groups (broad SMARTS) is 1. The van der Waals surface area contributed by atoms with Crippen LogP contribution in [0.3, 0.4) is 0 Å². The summed E-state index contributed by atoms with van der Waals surface area (Å²) in [7, 11) is 0. The number of carbonyl (C=O) groups is 6. The van der Waals surface area contributed by atoms with Crippen molar-refractivity contribution >= 4 is 128 Å². The molecule has 19 nitrogen and oxygen atoms in total. The summed E-state index contributed by atoms with van der Waals surface area (Å²) in [6, 6.07) is 52.4. The first-order chi connectivity index (χ1) is 51.3. The van der Waals surface area contributed by atoms with Crippen molar-refractivity contribution in [3.8, 4) is 17.1 Å². The lowest BCUT2D eigenvalue weighted by Gasteiger charge is -2.12. The molecule has 9 aromatic carbocycles. The van der Waals surface area contributed by atoms with E-state index in [4.69, 9.17) is 57.2 Å². The van der Waals surface area contributed by atoms with Gasteiger partial charge in [0.05, 0.1) is 68.2 Å². The second-order valence-corrected chi connectivity index (χ2v) is 25.6. The molecule has 12 rings (SSSR count). The van der Waals surface area contributed by atoms with E-state index in [1.807, 2.05) is 18.2 Å². The molecule has 0 radical (unpaired) electrons. The summed E-state index contributed by atoms with van der Waals surface area (Å²) in [5.74, 6) is -2.56. The summed E-state index contributed by atoms with van der Waals surface area (Å²) < 4.78 is 121. The minimum atomic E-state index is -4.52. The van der Waals surface area contributed by atoms with Crippen molar-refractivity contribution in [3.63, 3.8) is 0 Å². The van der Waals surface area contributed by atoms with Gasteiger partial charge in [-0.2, -0.15) is 54.8 Å². The molecular formula is C75H53Cl4F9N12O7S. The Bertz CT molecular complexity index is 5340. The number of carboxylic acids is 1. The van der Waals surface area contributed by atoms with E-state index in [0.717, 1.165) is 52.4 Å². The number of amides is 5. The third kappa shape index (κ3) is 21.4. The number of nitrogens with two attached hydrogens (primary N) is 1. The van der Waals surface area contributed by atoms with Crippen LogP contribution in [0.5, 0.6) is 0 Å². The highest BCUT2D eigenvalue weighted by Crippen LogP contribution is 2.35. The van der Waals surface area contributed by atoms with E-state index in [1.54, 1.807) is 60.7 Å². The van der Waals surface area contributed by atoms with Gasteiger partial charge in [-0.1, -0.05) is 89.4 Å². The Morgan fingerprint density at radius 1 is 0.407 bits per heavy atom. The van der Waals surface area contributed by atoms with Crippen LogP contribution in [-0.2, 0) is 41.4 Å². The first-order valence-electron chi connectivity index (χ1n) is 31.4. The lowest BCUT2D eigenvalue weighted by atomic mass is 10.1. The van der Waals surface area contributed by atoms with E-state index in [1.165, 1.54) is 148 Å². The molecule has 0 aliphatic carbocycles. The molecule has 0 aliphatic heterocycles. The minimum Gasteiger partial charge on any atom is -0.481 e. The predicted octanol–water partition coefficient (Wildman–Crippen LogP) is 19.1. The van der Waals surface area contributed by atoms with Crippen LogP contribution in [0.1, 0.15) is 85.2 Å². The number of thioether (sulfide) groups is 1. The van der Waals surface area contributed by atoms with Crippen LogP contribution in [0.4, 0.5) is 74.0 Å². The largest absolute Gasteiger partial charge is 0.481 e. The maximum Gasteiger partial charge on any atom is 0.416 e. The number of rotatable bonds is 19. The van der Waals surface area contributed by atoms with Gasteiger partial charge in [0.2, 0.25) is 0 Å². The number of hydrogen-bond acceptors (Lipinski definition) is 11. The molecule has 0 spiro atoms. The van der Waals surface area contributed by atoms with Gasteiger partial charge < -0.3 is 37.4 Å². The van der Waals surface area contributed by atoms with Crippen LogP contribution in [0.2, 0.25) is 15.1 Å². The first-order valence-corrected chi connectivity index (χ1v) is 34.1. The lowest BCUT2D eigenvalue weighted by Crippen LogP contribution is -2.18. The number of benzene rings is 9. The fourth-order valence-electron chi connectivity index (χ4n) is 10.1. The van der Waals surface area contributed by atoms with Gasteiger partial charge in [0.1, 0.15) is 0 Å². The summed E-state index contributed by atoms with van der Waals surface area (Å²) in [6.07, 6.45) is -9.29. The van der Waals surface area contributed by atoms with E-state index >= 15 is 0 Å². The second kappa shape index (κ2) is 34.6. The molecule has 0 saturated heterocycles. The van der Waals surface area contributed by atoms with Crippen LogP contribution >= 0.6 is 58.2 Å². The molecule has 3 aromatic heterocycles. The molecule has 0 saturated carbocycles. The van der Waals surface area contributed by atoms with Crippen molar-refractivity contribution in [2.24, 2.45) is 0 Å². The van der Waals surface area contributed by atoms with Gasteiger partial charge in [-0.3, -0.25) is 28.8 Å². The summed E-state index contributed by atoms with van der Waals surface area (Å²) in [5, 5.41) is 35.4. The maximum atomic E-state index is 13.2. The molecule has 5 amide bonds. The Labute approximate surface area is 631 Å². The number of hydrogen-bond donors (Lipinski definition) is 7. The summed E-state index contributed by atoms with van der Waals surface area (Å²) in [4.78, 5) is 76.4. The average molecular weight is 1580 g/mol. The van der Waals surface area contributed by atoms with Crippen molar-refractivity contribution in [2.45, 2.75) is 41.5 Å². The van der Waals surface area contributed by atoms with Gasteiger partial charge in [0.25, 0.3) is 29.5 Å². The molecule has 0 aliphatic rings. The highest BCUT2D eigenvalue weighted by molar-refractivity contribution is 7.98. The Morgan fingerprint density at radius 3 is 1.19 bits per heavy atom. The van der Waals surface area contributed by atoms with Crippen LogP contribution in [0.25, 0.3) is 17.1 Å². The van der Waals surface area contributed by atoms with Gasteiger partial charge in [-0.25, -0.2) is 14.0 Å². The summed E-state index contributed by atoms with van der Waals surface area (Å²) in [6.45, 7) is 0. The molecule has 33 heteroatoms. The zero-order valence-electron chi connectivity index (χ0n) is 55.1. The monoisotopic (exact) mass is 1580 g/mol. The fraction of sp³-hybridized carbons (Fsp3) is 0.0800. The number of nitrogens with zero attached hydrogens (tertiary/aromatic N) is 6. The topological polar surface area (TPSA) is 262 Å². The number of aliphatic carboxylic acids is 1. The summed E-state index contributed by atoms with van der Waals surface area (Å²) >= 11 is 25.4. The predicted molar refractivity (Wildman–Crippen MR) is 394 cm³/mol. The number of carbonyl (C=O) groups excluding carboxylic acids is 5. The van der Waals surface area contributed by atoms with E-state index in [-0.39, 0.29) is 90.6 Å². The number of halogens is 13. The molecular weight excluding hydrogens is 1530 g/mol. The molecule has 0 fully saturated rings. The normalized spacial score (nSPS) is 11.3. The van der Waals surface area contributed by atoms with Crippen molar-refractivity contribution in [2.75, 3.05) is 32.3 Å². The SMILES string of the molecule is Nc1ccc(Cl)cc1C(=O)Nc1ccn(-c2cccc(C(F)(F)F)c2)n1.O=C(Nc1ccc(Cl)cc1C(=O)Nc1ccn(-c2cccc(C(F)(F)F)c2)n1)c1cccc(CCl)c1.O=C(O)Cc1cccc(SCc2cccc(C(=O)Nc3ccc(Cl)cc3C(=O)Nc3ccn(-c4cccc(C(F)(F)F)c4)n3)c2)c1. The van der Waals surface area contributed by atoms with Crippen molar-refractivity contribution < 1.29 is 73.4 Å². The van der Waals surface area contributed by atoms with E-state index in [2.05, 4.69) is 41.9 Å². The van der Waals surface area contributed by atoms with Crippen molar-refractivity contribution in [1.82, 2.24) is 29.3 Å². The van der Waals surface area contributed by atoms with Gasteiger partial charge in [0.15, 0.2) is 17.5 Å². The third-order valence-corrected chi connectivity index (χ3v) is 17.3. The van der Waals surface area contributed by atoms with Gasteiger partial charge in [-0.15, -0.1) is 23.4 Å². The van der Waals surface area contributed by atoms with Gasteiger partial charge >= 0.3 is 24.5 Å². The molecule has 0 unspecified atom stereocenters. The number of aromatic nitrogens is 6. The average Bonchev–Trinajstić information content (AvgIpc) is 1.49. The molecule has 0 atom stereocenters. The van der Waals surface area contributed by atoms with Crippen LogP contribution < -0.4 is 32.3 Å². The van der Waals surface area contributed by atoms with Crippen molar-refractivity contribution in [3.05, 3.63) is 313 Å². The van der Waals surface area contributed by atoms with E-state index < -0.39 is 70.7 Å². The lowest BCUT2D eigenvalue weighted by molar-refractivity contribution is -0.138. The molecule has 552 valence electrons. The first kappa shape index (κ1) is 78.7. The maximum absolute atomic E-state index is 13.2. The van der Waals surface area contributed by atoms with Gasteiger partial charge in [-0.05, 0) is 162 Å². The third-order valence-electron chi connectivity index (χ3n) is 15.2. The molecule has 3 heterocycles. The quantitative estimate of drug-likeness (QED) is 0.0173. The fourth-order valence-corrected chi connectivity index (χ4v) is 11.7. The van der Waals surface area contributed by atoms with E-state index in [9.17, 15) is 68.3 Å². The standard InChI is InChI=1S/C33H24ClF3N4O4S.C25H17Cl2F3N4O2.C17H12ClF3N4O/c34-24-10-11-28(27(18-24)32(45)39-29-12-13-41(40-29)25-8-3-7-23(17-25)33(35,36)37)38-31(44)22-6-1-5-21(14-22)19-46-26-9-2-4-20(15-26)16-30(42)43;26-14-15-3-1-4-16(11-15)23(35)31-21-8-7-18(27)13-20(21)24(36)32-22-9-10-34(33-22)19-6-2-5-17(12-19)25(28,29)30;18-11-4-5-14(22)13(9-11)16(26)23-15-6-7-25(24-15)12-3-1-2-10(8-12)17(19,20)21/h1-15,17-18H,16,19H2,(H,38,44)(H,42,43)(H,39,40,45);1-13H,14H2,(H,31,35)(H,32,33,36);1-9H,22H2,(H,23,24,26). The Kier molecular flexibility index (Phi) is 25.2. The highest BCUT2D eigenvalue weighted by atomic mass is 35.5. The zero-order valence-corrected chi connectivity index (χ0v) is 59.0. The summed E-state index contributed by atoms with van der Waals surface area (Å²) in [5.41, 5.74) is 7.74. The van der Waals surface area contributed by atoms with Crippen molar-refractivity contribution in [1.29, 1.82) is 0 Å². The van der Waals surface area contributed by atoms with E-state index in [0.29, 0.717) is 27.5 Å². The number of anilines is 6. The Hall–Kier alpha value is -11.9. The molecule has 108 heavy (non-hydrogen) atoms. The molecule has 0 bridgehead atoms. The van der Waals surface area contributed by atoms with Crippen LogP contribution in [0, 0.1) is 0 Å².